The standard InChI is InChI=1S/C12H17IN2/c1-3-8(2)12-7-14-11-6-9(13)4-5-10(11)15-12/h4-6,8,12,14-15H,3,7H2,1-2H3. The summed E-state index contributed by atoms with van der Waals surface area (Å²) >= 11 is 2.34. The van der Waals surface area contributed by atoms with Gasteiger partial charge in [0.1, 0.15) is 0 Å². The Bertz CT molecular complexity index is 351. The van der Waals surface area contributed by atoms with E-state index in [-0.39, 0.29) is 0 Å². The molecule has 0 saturated carbocycles. The minimum atomic E-state index is 0.558. The van der Waals surface area contributed by atoms with Gasteiger partial charge in [0.25, 0.3) is 0 Å². The Morgan fingerprint density at radius 2 is 2.27 bits per heavy atom. The zero-order valence-electron chi connectivity index (χ0n) is 9.18. The van der Waals surface area contributed by atoms with Crippen molar-refractivity contribution >= 4 is 34.0 Å². The van der Waals surface area contributed by atoms with Crippen LogP contribution in [0.3, 0.4) is 0 Å². The third-order valence-corrected chi connectivity index (χ3v) is 3.84. The van der Waals surface area contributed by atoms with Gasteiger partial charge in [-0.05, 0) is 46.7 Å². The molecule has 2 atom stereocenters. The molecule has 1 heterocycles. The second-order valence-corrected chi connectivity index (χ2v) is 5.45. The van der Waals surface area contributed by atoms with E-state index in [4.69, 9.17) is 0 Å². The fourth-order valence-electron chi connectivity index (χ4n) is 1.89. The van der Waals surface area contributed by atoms with E-state index in [9.17, 15) is 0 Å². The van der Waals surface area contributed by atoms with Gasteiger partial charge in [-0.25, -0.2) is 0 Å². The summed E-state index contributed by atoms with van der Waals surface area (Å²) in [6.07, 6.45) is 1.22. The molecule has 1 aromatic carbocycles. The van der Waals surface area contributed by atoms with Gasteiger partial charge in [-0.1, -0.05) is 20.3 Å². The molecule has 0 aliphatic carbocycles. The molecule has 0 aromatic heterocycles. The van der Waals surface area contributed by atoms with Gasteiger partial charge in [0.05, 0.1) is 11.4 Å². The van der Waals surface area contributed by atoms with E-state index in [1.165, 1.54) is 21.4 Å². The van der Waals surface area contributed by atoms with E-state index in [2.05, 4.69) is 65.3 Å². The van der Waals surface area contributed by atoms with Crippen LogP contribution in [0, 0.1) is 9.49 Å². The maximum absolute atomic E-state index is 3.61. The van der Waals surface area contributed by atoms with Gasteiger partial charge in [-0.15, -0.1) is 0 Å². The Hall–Kier alpha value is -0.450. The third-order valence-electron chi connectivity index (χ3n) is 3.17. The molecule has 82 valence electrons. The maximum Gasteiger partial charge on any atom is 0.0587 e. The van der Waals surface area contributed by atoms with Crippen LogP contribution in [0.15, 0.2) is 18.2 Å². The lowest BCUT2D eigenvalue weighted by Crippen LogP contribution is -2.37. The minimum Gasteiger partial charge on any atom is -0.381 e. The predicted octanol–water partition coefficient (Wildman–Crippen LogP) is 3.54. The zero-order chi connectivity index (χ0) is 10.8. The number of fused-ring (bicyclic) bond motifs is 1. The van der Waals surface area contributed by atoms with Crippen molar-refractivity contribution in [2.45, 2.75) is 26.3 Å². The Morgan fingerprint density at radius 3 is 3.00 bits per heavy atom. The highest BCUT2D eigenvalue weighted by Crippen LogP contribution is 2.29. The van der Waals surface area contributed by atoms with Crippen molar-refractivity contribution in [3.63, 3.8) is 0 Å². The molecular formula is C12H17IN2. The molecule has 0 spiro atoms. The molecule has 0 saturated heterocycles. The van der Waals surface area contributed by atoms with Gasteiger partial charge in [-0.3, -0.25) is 0 Å². The van der Waals surface area contributed by atoms with Gasteiger partial charge in [0, 0.05) is 16.2 Å². The van der Waals surface area contributed by atoms with Crippen LogP contribution in [0.1, 0.15) is 20.3 Å². The lowest BCUT2D eigenvalue weighted by Gasteiger charge is -2.32. The van der Waals surface area contributed by atoms with Crippen LogP contribution in [-0.4, -0.2) is 12.6 Å². The first kappa shape index (κ1) is 11.0. The Labute approximate surface area is 105 Å². The Kier molecular flexibility index (Phi) is 3.38. The van der Waals surface area contributed by atoms with E-state index in [1.54, 1.807) is 0 Å². The van der Waals surface area contributed by atoms with Crippen LogP contribution < -0.4 is 10.6 Å². The third kappa shape index (κ3) is 2.38. The summed E-state index contributed by atoms with van der Waals surface area (Å²) in [5.41, 5.74) is 2.48. The Morgan fingerprint density at radius 1 is 1.47 bits per heavy atom. The molecule has 2 nitrogen and oxygen atoms in total. The first-order valence-corrected chi connectivity index (χ1v) is 6.58. The van der Waals surface area contributed by atoms with E-state index in [1.807, 2.05) is 0 Å². The van der Waals surface area contributed by atoms with Crippen molar-refractivity contribution in [2.75, 3.05) is 17.2 Å². The van der Waals surface area contributed by atoms with Crippen LogP contribution in [0.4, 0.5) is 11.4 Å². The van der Waals surface area contributed by atoms with Gasteiger partial charge in [0.15, 0.2) is 0 Å². The van der Waals surface area contributed by atoms with E-state index < -0.39 is 0 Å². The average molecular weight is 316 g/mol. The zero-order valence-corrected chi connectivity index (χ0v) is 11.3. The average Bonchev–Trinajstić information content (AvgIpc) is 2.27. The highest BCUT2D eigenvalue weighted by atomic mass is 127. The quantitative estimate of drug-likeness (QED) is 0.816. The largest absolute Gasteiger partial charge is 0.381 e. The molecule has 0 amide bonds. The number of benzene rings is 1. The smallest absolute Gasteiger partial charge is 0.0587 e. The summed E-state index contributed by atoms with van der Waals surface area (Å²) in [7, 11) is 0. The molecule has 0 fully saturated rings. The molecule has 2 unspecified atom stereocenters. The molecule has 0 radical (unpaired) electrons. The summed E-state index contributed by atoms with van der Waals surface area (Å²) in [5.74, 6) is 0.713. The number of anilines is 2. The van der Waals surface area contributed by atoms with Crippen molar-refractivity contribution in [1.29, 1.82) is 0 Å². The topological polar surface area (TPSA) is 24.1 Å². The normalized spacial score (nSPS) is 21.1. The second-order valence-electron chi connectivity index (χ2n) is 4.21. The van der Waals surface area contributed by atoms with Crippen molar-refractivity contribution in [1.82, 2.24) is 0 Å². The molecule has 1 aliphatic heterocycles. The van der Waals surface area contributed by atoms with Crippen LogP contribution >= 0.6 is 22.6 Å². The van der Waals surface area contributed by atoms with Crippen LogP contribution in [0.2, 0.25) is 0 Å². The number of nitrogens with one attached hydrogen (secondary N) is 2. The van der Waals surface area contributed by atoms with Gasteiger partial charge < -0.3 is 10.6 Å². The summed E-state index contributed by atoms with van der Waals surface area (Å²) in [6, 6.07) is 7.06. The van der Waals surface area contributed by atoms with E-state index in [0.29, 0.717) is 12.0 Å². The molecule has 3 heteroatoms. The number of rotatable bonds is 2. The molecular weight excluding hydrogens is 299 g/mol. The Balaban J connectivity index is 2.16. The highest BCUT2D eigenvalue weighted by molar-refractivity contribution is 14.1. The molecule has 1 aliphatic rings. The van der Waals surface area contributed by atoms with Crippen molar-refractivity contribution < 1.29 is 0 Å². The van der Waals surface area contributed by atoms with Gasteiger partial charge in [0.2, 0.25) is 0 Å². The van der Waals surface area contributed by atoms with Gasteiger partial charge >= 0.3 is 0 Å². The number of halogens is 1. The minimum absolute atomic E-state index is 0.558. The summed E-state index contributed by atoms with van der Waals surface area (Å²) in [5, 5.41) is 7.11. The number of hydrogen-bond donors (Lipinski definition) is 2. The molecule has 1 aromatic rings. The predicted molar refractivity (Wildman–Crippen MR) is 74.5 cm³/mol. The first-order valence-electron chi connectivity index (χ1n) is 5.50. The van der Waals surface area contributed by atoms with Crippen LogP contribution in [-0.2, 0) is 0 Å². The van der Waals surface area contributed by atoms with E-state index in [0.717, 1.165) is 6.54 Å². The first-order chi connectivity index (χ1) is 7.20. The second kappa shape index (κ2) is 4.60. The molecule has 0 bridgehead atoms. The van der Waals surface area contributed by atoms with Gasteiger partial charge in [-0.2, -0.15) is 0 Å². The molecule has 2 N–H and O–H groups in total. The van der Waals surface area contributed by atoms with E-state index >= 15 is 0 Å². The summed E-state index contributed by atoms with van der Waals surface area (Å²) < 4.78 is 1.28. The lowest BCUT2D eigenvalue weighted by atomic mass is 9.97. The summed E-state index contributed by atoms with van der Waals surface area (Å²) in [6.45, 7) is 5.58. The molecule has 2 rings (SSSR count). The fourth-order valence-corrected chi connectivity index (χ4v) is 2.38. The van der Waals surface area contributed by atoms with Crippen LogP contribution in [0.25, 0.3) is 0 Å². The van der Waals surface area contributed by atoms with Crippen molar-refractivity contribution in [2.24, 2.45) is 5.92 Å². The summed E-state index contributed by atoms with van der Waals surface area (Å²) in [4.78, 5) is 0. The fraction of sp³-hybridized carbons (Fsp3) is 0.500. The maximum atomic E-state index is 3.61. The van der Waals surface area contributed by atoms with Crippen molar-refractivity contribution in [3.8, 4) is 0 Å². The monoisotopic (exact) mass is 316 g/mol. The highest BCUT2D eigenvalue weighted by Gasteiger charge is 2.21. The van der Waals surface area contributed by atoms with Crippen molar-refractivity contribution in [3.05, 3.63) is 21.8 Å². The molecule has 15 heavy (non-hydrogen) atoms. The lowest BCUT2D eigenvalue weighted by molar-refractivity contribution is 0.478. The number of hydrogen-bond acceptors (Lipinski definition) is 2. The van der Waals surface area contributed by atoms with Crippen LogP contribution in [0.5, 0.6) is 0 Å². The SMILES string of the molecule is CCC(C)C1CNc2cc(I)ccc2N1.